The van der Waals surface area contributed by atoms with Crippen LogP contribution < -0.4 is 9.47 Å². The number of methoxy groups -OCH3 is 2. The highest BCUT2D eigenvalue weighted by molar-refractivity contribution is 5.99. The Morgan fingerprint density at radius 3 is 1.89 bits per heavy atom. The van der Waals surface area contributed by atoms with Gasteiger partial charge in [0.05, 0.1) is 14.2 Å². The van der Waals surface area contributed by atoms with Gasteiger partial charge in [0.15, 0.2) is 5.78 Å². The van der Waals surface area contributed by atoms with Gasteiger partial charge in [-0.05, 0) is 60.1 Å². The molecule has 0 radical (unpaired) electrons. The Morgan fingerprint density at radius 1 is 0.811 bits per heavy atom. The number of ether oxygens (including phenoxy) is 3. The smallest absolute Gasteiger partial charge is 0.410 e. The first-order valence-corrected chi connectivity index (χ1v) is 13.0. The van der Waals surface area contributed by atoms with Crippen LogP contribution in [0.3, 0.4) is 0 Å². The summed E-state index contributed by atoms with van der Waals surface area (Å²) in [5, 5.41) is 0. The molecule has 0 saturated carbocycles. The van der Waals surface area contributed by atoms with Gasteiger partial charge < -0.3 is 19.1 Å². The second kappa shape index (κ2) is 9.58. The van der Waals surface area contributed by atoms with E-state index < -0.39 is 0 Å². The maximum atomic E-state index is 13.4. The van der Waals surface area contributed by atoms with E-state index in [0.717, 1.165) is 12.8 Å². The summed E-state index contributed by atoms with van der Waals surface area (Å²) in [5.41, 5.74) is 5.44. The van der Waals surface area contributed by atoms with Gasteiger partial charge in [0.1, 0.15) is 18.1 Å². The molecule has 0 spiro atoms. The molecule has 2 saturated heterocycles. The number of ketones is 1. The van der Waals surface area contributed by atoms with Gasteiger partial charge in [-0.15, -0.1) is 0 Å². The molecule has 37 heavy (non-hydrogen) atoms. The fourth-order valence-corrected chi connectivity index (χ4v) is 6.54. The summed E-state index contributed by atoms with van der Waals surface area (Å²) >= 11 is 0. The molecule has 2 fully saturated rings. The predicted molar refractivity (Wildman–Crippen MR) is 140 cm³/mol. The Bertz CT molecular complexity index is 1270. The molecule has 6 heteroatoms. The van der Waals surface area contributed by atoms with E-state index in [1.54, 1.807) is 32.4 Å². The van der Waals surface area contributed by atoms with Crippen LogP contribution in [-0.2, 0) is 4.74 Å². The molecule has 2 heterocycles. The Balaban J connectivity index is 1.14. The fourth-order valence-electron chi connectivity index (χ4n) is 6.54. The lowest BCUT2D eigenvalue weighted by molar-refractivity contribution is 0.0506. The molecule has 3 aromatic carbocycles. The van der Waals surface area contributed by atoms with Gasteiger partial charge >= 0.3 is 6.09 Å². The van der Waals surface area contributed by atoms with E-state index in [0.29, 0.717) is 36.5 Å². The third-order valence-electron chi connectivity index (χ3n) is 8.29. The second-order valence-electron chi connectivity index (χ2n) is 10.2. The molecule has 0 N–H and O–H groups in total. The molecule has 190 valence electrons. The molecule has 1 aliphatic carbocycles. The summed E-state index contributed by atoms with van der Waals surface area (Å²) in [7, 11) is 3.16. The van der Waals surface area contributed by atoms with Crippen molar-refractivity contribution in [2.24, 2.45) is 5.92 Å². The van der Waals surface area contributed by atoms with Crippen molar-refractivity contribution in [1.82, 2.24) is 4.90 Å². The van der Waals surface area contributed by atoms with Crippen LogP contribution in [0.25, 0.3) is 11.1 Å². The Morgan fingerprint density at radius 2 is 1.35 bits per heavy atom. The molecule has 2 atom stereocenters. The highest BCUT2D eigenvalue weighted by atomic mass is 16.6. The fraction of sp³-hybridized carbons (Fsp3) is 0.355. The maximum absolute atomic E-state index is 13.4. The lowest BCUT2D eigenvalue weighted by atomic mass is 9.85. The van der Waals surface area contributed by atoms with Crippen LogP contribution in [-0.4, -0.2) is 49.7 Å². The normalized spacial score (nSPS) is 21.8. The number of nitrogens with zero attached hydrogens (tertiary/aromatic N) is 1. The van der Waals surface area contributed by atoms with E-state index in [9.17, 15) is 9.59 Å². The summed E-state index contributed by atoms with van der Waals surface area (Å²) in [4.78, 5) is 28.7. The monoisotopic (exact) mass is 497 g/mol. The second-order valence-corrected chi connectivity index (χ2v) is 10.2. The van der Waals surface area contributed by atoms with Crippen LogP contribution in [0.15, 0.2) is 66.7 Å². The van der Waals surface area contributed by atoms with Crippen LogP contribution in [0.5, 0.6) is 11.5 Å². The molecular formula is C31H31NO5. The largest absolute Gasteiger partial charge is 0.497 e. The van der Waals surface area contributed by atoms with Gasteiger partial charge in [0, 0.05) is 35.5 Å². The van der Waals surface area contributed by atoms with Crippen molar-refractivity contribution in [2.45, 2.75) is 43.7 Å². The molecule has 2 aliphatic heterocycles. The lowest BCUT2D eigenvalue weighted by Crippen LogP contribution is -2.48. The van der Waals surface area contributed by atoms with Crippen molar-refractivity contribution in [3.05, 3.63) is 83.4 Å². The average Bonchev–Trinajstić information content (AvgIpc) is 3.41. The van der Waals surface area contributed by atoms with Gasteiger partial charge in [0.2, 0.25) is 0 Å². The van der Waals surface area contributed by atoms with E-state index in [1.807, 2.05) is 17.0 Å². The number of amides is 1. The average molecular weight is 498 g/mol. The predicted octanol–water partition coefficient (Wildman–Crippen LogP) is 6.08. The third kappa shape index (κ3) is 4.14. The molecule has 1 amide bonds. The van der Waals surface area contributed by atoms with E-state index in [1.165, 1.54) is 22.3 Å². The van der Waals surface area contributed by atoms with Gasteiger partial charge in [-0.3, -0.25) is 4.79 Å². The topological polar surface area (TPSA) is 65.1 Å². The first kappa shape index (κ1) is 23.6. The minimum absolute atomic E-state index is 0.0239. The van der Waals surface area contributed by atoms with Crippen molar-refractivity contribution in [1.29, 1.82) is 0 Å². The molecule has 3 aromatic rings. The van der Waals surface area contributed by atoms with Crippen LogP contribution in [0, 0.1) is 5.92 Å². The number of Topliss-reactive ketones (excluding diaryl/α,β-unsaturated/α-hetero) is 1. The number of fused-ring (bicyclic) bond motifs is 5. The molecular weight excluding hydrogens is 466 g/mol. The minimum Gasteiger partial charge on any atom is -0.497 e. The number of benzene rings is 3. The standard InChI is InChI=1S/C31H31NO5/c1-35-23-15-20(16-24(17-23)36-2)30(33)19-13-21-11-12-22(14-19)32(21)31(34)37-18-29-27-9-5-3-7-25(27)26-8-4-6-10-28(26)29/h3-10,15-17,19,21-22,29H,11-14,18H2,1-2H3. The van der Waals surface area contributed by atoms with Crippen molar-refractivity contribution in [2.75, 3.05) is 20.8 Å². The minimum atomic E-state index is -0.261. The van der Waals surface area contributed by atoms with Crippen LogP contribution in [0.4, 0.5) is 4.79 Å². The first-order valence-electron chi connectivity index (χ1n) is 13.0. The van der Waals surface area contributed by atoms with Crippen LogP contribution in [0.2, 0.25) is 0 Å². The van der Waals surface area contributed by atoms with E-state index >= 15 is 0 Å². The highest BCUT2D eigenvalue weighted by Crippen LogP contribution is 2.45. The number of piperidine rings is 1. The van der Waals surface area contributed by atoms with E-state index in [2.05, 4.69) is 36.4 Å². The van der Waals surface area contributed by atoms with Gasteiger partial charge in [0.25, 0.3) is 0 Å². The van der Waals surface area contributed by atoms with Crippen molar-refractivity contribution in [3.8, 4) is 22.6 Å². The third-order valence-corrected chi connectivity index (χ3v) is 8.29. The SMILES string of the molecule is COc1cc(OC)cc(C(=O)C2CC3CCC(C2)N3C(=O)OCC2c3ccccc3-c3ccccc32)c1. The quantitative estimate of drug-likeness (QED) is 0.386. The molecule has 3 aliphatic rings. The summed E-state index contributed by atoms with van der Waals surface area (Å²) in [6, 6.07) is 22.1. The van der Waals surface area contributed by atoms with Crippen LogP contribution in [0.1, 0.15) is 53.1 Å². The van der Waals surface area contributed by atoms with Crippen molar-refractivity contribution < 1.29 is 23.8 Å². The first-order chi connectivity index (χ1) is 18.1. The number of hydrogen-bond acceptors (Lipinski definition) is 5. The Kier molecular flexibility index (Phi) is 6.11. The van der Waals surface area contributed by atoms with Crippen molar-refractivity contribution >= 4 is 11.9 Å². The van der Waals surface area contributed by atoms with Gasteiger partial charge in [-0.2, -0.15) is 0 Å². The molecule has 6 nitrogen and oxygen atoms in total. The van der Waals surface area contributed by atoms with E-state index in [4.69, 9.17) is 14.2 Å². The van der Waals surface area contributed by atoms with Crippen LogP contribution >= 0.6 is 0 Å². The number of rotatable bonds is 6. The number of hydrogen-bond donors (Lipinski definition) is 0. The highest BCUT2D eigenvalue weighted by Gasteiger charge is 2.46. The number of carbonyl (C=O) groups excluding carboxylic acids is 2. The molecule has 2 bridgehead atoms. The van der Waals surface area contributed by atoms with Gasteiger partial charge in [-0.25, -0.2) is 4.79 Å². The Labute approximate surface area is 217 Å². The summed E-state index contributed by atoms with van der Waals surface area (Å²) in [6.45, 7) is 0.314. The zero-order chi connectivity index (χ0) is 25.5. The van der Waals surface area contributed by atoms with Crippen molar-refractivity contribution in [3.63, 3.8) is 0 Å². The number of carbonyl (C=O) groups is 2. The molecule has 6 rings (SSSR count). The van der Waals surface area contributed by atoms with E-state index in [-0.39, 0.29) is 35.8 Å². The summed E-state index contributed by atoms with van der Waals surface area (Å²) < 4.78 is 16.7. The summed E-state index contributed by atoms with van der Waals surface area (Å²) in [6.07, 6.45) is 2.85. The van der Waals surface area contributed by atoms with Gasteiger partial charge in [-0.1, -0.05) is 48.5 Å². The lowest BCUT2D eigenvalue weighted by Gasteiger charge is -2.37. The Hall–Kier alpha value is -3.80. The summed E-state index contributed by atoms with van der Waals surface area (Å²) in [5.74, 6) is 1.19. The molecule has 0 aromatic heterocycles. The molecule has 2 unspecified atom stereocenters. The maximum Gasteiger partial charge on any atom is 0.410 e. The zero-order valence-electron chi connectivity index (χ0n) is 21.2. The zero-order valence-corrected chi connectivity index (χ0v) is 21.2.